The van der Waals surface area contributed by atoms with E-state index in [2.05, 4.69) is 25.5 Å². The summed E-state index contributed by atoms with van der Waals surface area (Å²) in [7, 11) is 0. The van der Waals surface area contributed by atoms with E-state index in [9.17, 15) is 9.59 Å². The molecule has 1 amide bonds. The topological polar surface area (TPSA) is 101 Å². The van der Waals surface area contributed by atoms with Crippen LogP contribution < -0.4 is 10.9 Å². The summed E-state index contributed by atoms with van der Waals surface area (Å²) in [5.74, 6) is -0.198. The van der Waals surface area contributed by atoms with E-state index in [0.717, 1.165) is 16.1 Å². The number of thioether (sulfide) groups is 1. The Bertz CT molecular complexity index is 969. The lowest BCUT2D eigenvalue weighted by molar-refractivity contribution is -0.115. The van der Waals surface area contributed by atoms with E-state index in [4.69, 9.17) is 0 Å². The fourth-order valence-corrected chi connectivity index (χ4v) is 3.85. The molecule has 0 aliphatic heterocycles. The Kier molecular flexibility index (Phi) is 5.79. The van der Waals surface area contributed by atoms with Crippen molar-refractivity contribution in [2.24, 2.45) is 0 Å². The van der Waals surface area contributed by atoms with Crippen LogP contribution in [-0.4, -0.2) is 31.3 Å². The van der Waals surface area contributed by atoms with Gasteiger partial charge in [-0.05, 0) is 19.4 Å². The highest BCUT2D eigenvalue weighted by Gasteiger charge is 2.21. The number of amides is 1. The number of aromatic nitrogens is 4. The molecule has 0 spiro atoms. The first kappa shape index (κ1) is 18.3. The normalized spacial score (nSPS) is 11.9. The first-order valence-corrected chi connectivity index (χ1v) is 9.68. The van der Waals surface area contributed by atoms with Crippen molar-refractivity contribution in [1.82, 2.24) is 20.2 Å². The largest absolute Gasteiger partial charge is 0.301 e. The Morgan fingerprint density at radius 2 is 2.19 bits per heavy atom. The van der Waals surface area contributed by atoms with Crippen LogP contribution in [0.4, 0.5) is 5.13 Å². The van der Waals surface area contributed by atoms with Crippen LogP contribution in [0.5, 0.6) is 0 Å². The molecular weight excluding hydrogens is 370 g/mol. The van der Waals surface area contributed by atoms with Gasteiger partial charge in [0.15, 0.2) is 5.16 Å². The maximum atomic E-state index is 12.5. The number of aromatic amines is 1. The Morgan fingerprint density at radius 1 is 1.35 bits per heavy atom. The van der Waals surface area contributed by atoms with Crippen LogP contribution >= 0.6 is 23.1 Å². The van der Waals surface area contributed by atoms with Gasteiger partial charge in [-0.25, -0.2) is 4.98 Å². The van der Waals surface area contributed by atoms with Crippen molar-refractivity contribution >= 4 is 34.1 Å². The molecule has 0 aliphatic rings. The SMILES string of the molecule is CCC(Sc1nccc(=O)[nH]1)C(=O)Nc1nnc(-c2cccc(C)c2)s1. The summed E-state index contributed by atoms with van der Waals surface area (Å²) >= 11 is 2.54. The van der Waals surface area contributed by atoms with Gasteiger partial charge in [0.05, 0.1) is 5.25 Å². The number of hydrogen-bond acceptors (Lipinski definition) is 7. The second-order valence-electron chi connectivity index (χ2n) is 5.53. The first-order valence-electron chi connectivity index (χ1n) is 7.98. The second-order valence-corrected chi connectivity index (χ2v) is 7.69. The lowest BCUT2D eigenvalue weighted by Crippen LogP contribution is -2.25. The van der Waals surface area contributed by atoms with E-state index >= 15 is 0 Å². The zero-order valence-corrected chi connectivity index (χ0v) is 15.9. The smallest absolute Gasteiger partial charge is 0.251 e. The standard InChI is InChI=1S/C17H17N5O2S2/c1-3-12(25-16-18-8-7-13(23)19-16)14(24)20-17-22-21-15(26-17)11-6-4-5-10(2)9-11/h4-9,12H,3H2,1-2H3,(H,18,19,23)(H,20,22,24). The predicted octanol–water partition coefficient (Wildman–Crippen LogP) is 3.11. The molecule has 0 aliphatic carbocycles. The lowest BCUT2D eigenvalue weighted by Gasteiger charge is -2.12. The number of anilines is 1. The molecule has 1 atom stereocenters. The molecule has 0 saturated carbocycles. The number of carbonyl (C=O) groups is 1. The minimum absolute atomic E-state index is 0.198. The summed E-state index contributed by atoms with van der Waals surface area (Å²) in [4.78, 5) is 30.6. The van der Waals surface area contributed by atoms with Gasteiger partial charge in [-0.1, -0.05) is 53.8 Å². The summed E-state index contributed by atoms with van der Waals surface area (Å²) in [6.45, 7) is 3.91. The minimum atomic E-state index is -0.396. The fourth-order valence-electron chi connectivity index (χ4n) is 2.22. The third-order valence-corrected chi connectivity index (χ3v) is 5.64. The van der Waals surface area contributed by atoms with Gasteiger partial charge in [-0.3, -0.25) is 14.9 Å². The van der Waals surface area contributed by atoms with Crippen LogP contribution in [0.15, 0.2) is 46.5 Å². The van der Waals surface area contributed by atoms with E-state index in [0.29, 0.717) is 16.7 Å². The average Bonchev–Trinajstić information content (AvgIpc) is 3.08. The molecule has 3 aromatic rings. The number of aryl methyl sites for hydroxylation is 1. The summed E-state index contributed by atoms with van der Waals surface area (Å²) in [5, 5.41) is 12.2. The van der Waals surface area contributed by atoms with Gasteiger partial charge in [-0.15, -0.1) is 10.2 Å². The molecule has 0 fully saturated rings. The van der Waals surface area contributed by atoms with Crippen LogP contribution in [0.2, 0.25) is 0 Å². The van der Waals surface area contributed by atoms with Gasteiger partial charge in [0.1, 0.15) is 5.01 Å². The molecule has 0 radical (unpaired) electrons. The molecule has 2 aromatic heterocycles. The third kappa shape index (κ3) is 4.55. The molecule has 1 unspecified atom stereocenters. The zero-order valence-electron chi connectivity index (χ0n) is 14.2. The number of nitrogens with zero attached hydrogens (tertiary/aromatic N) is 3. The Balaban J connectivity index is 1.69. The molecule has 26 heavy (non-hydrogen) atoms. The van der Waals surface area contributed by atoms with E-state index in [-0.39, 0.29) is 11.5 Å². The van der Waals surface area contributed by atoms with Crippen molar-refractivity contribution in [3.63, 3.8) is 0 Å². The molecule has 1 aromatic carbocycles. The van der Waals surface area contributed by atoms with E-state index in [1.54, 1.807) is 0 Å². The fraction of sp³-hybridized carbons (Fsp3) is 0.235. The Morgan fingerprint density at radius 3 is 2.92 bits per heavy atom. The monoisotopic (exact) mass is 387 g/mol. The number of benzene rings is 1. The van der Waals surface area contributed by atoms with Crippen molar-refractivity contribution in [3.05, 3.63) is 52.4 Å². The molecule has 7 nitrogen and oxygen atoms in total. The van der Waals surface area contributed by atoms with Gasteiger partial charge < -0.3 is 4.98 Å². The quantitative estimate of drug-likeness (QED) is 0.498. The summed E-state index contributed by atoms with van der Waals surface area (Å²) in [6.07, 6.45) is 2.00. The van der Waals surface area contributed by atoms with E-state index in [1.807, 2.05) is 38.1 Å². The van der Waals surface area contributed by atoms with Crippen molar-refractivity contribution in [2.75, 3.05) is 5.32 Å². The maximum absolute atomic E-state index is 12.5. The van der Waals surface area contributed by atoms with E-state index < -0.39 is 5.25 Å². The van der Waals surface area contributed by atoms with Crippen LogP contribution in [0, 0.1) is 6.92 Å². The van der Waals surface area contributed by atoms with Crippen molar-refractivity contribution < 1.29 is 4.79 Å². The number of H-pyrrole nitrogens is 1. The van der Waals surface area contributed by atoms with Gasteiger partial charge in [0.2, 0.25) is 11.0 Å². The first-order chi connectivity index (χ1) is 12.5. The summed E-state index contributed by atoms with van der Waals surface area (Å²) in [6, 6.07) is 9.29. The Labute approximate surface area is 158 Å². The number of nitrogens with one attached hydrogen (secondary N) is 2. The van der Waals surface area contributed by atoms with Gasteiger partial charge in [-0.2, -0.15) is 0 Å². The summed E-state index contributed by atoms with van der Waals surface area (Å²) in [5.41, 5.74) is 1.86. The highest BCUT2D eigenvalue weighted by Crippen LogP contribution is 2.28. The number of hydrogen-bond donors (Lipinski definition) is 2. The third-order valence-electron chi connectivity index (χ3n) is 3.49. The molecule has 2 heterocycles. The van der Waals surface area contributed by atoms with Crippen LogP contribution in [-0.2, 0) is 4.79 Å². The summed E-state index contributed by atoms with van der Waals surface area (Å²) < 4.78 is 0. The molecule has 2 N–H and O–H groups in total. The number of carbonyl (C=O) groups excluding carboxylic acids is 1. The van der Waals surface area contributed by atoms with Gasteiger partial charge in [0.25, 0.3) is 5.56 Å². The highest BCUT2D eigenvalue weighted by atomic mass is 32.2. The molecule has 3 rings (SSSR count). The highest BCUT2D eigenvalue weighted by molar-refractivity contribution is 8.00. The average molecular weight is 387 g/mol. The molecule has 0 bridgehead atoms. The van der Waals surface area contributed by atoms with Crippen LogP contribution in [0.1, 0.15) is 18.9 Å². The second kappa shape index (κ2) is 8.24. The minimum Gasteiger partial charge on any atom is -0.301 e. The zero-order chi connectivity index (χ0) is 18.5. The van der Waals surface area contributed by atoms with Crippen molar-refractivity contribution in [1.29, 1.82) is 0 Å². The van der Waals surface area contributed by atoms with Crippen LogP contribution in [0.3, 0.4) is 0 Å². The van der Waals surface area contributed by atoms with Crippen LogP contribution in [0.25, 0.3) is 10.6 Å². The molecule has 0 saturated heterocycles. The Hall–Kier alpha value is -2.52. The maximum Gasteiger partial charge on any atom is 0.251 e. The molecule has 134 valence electrons. The number of rotatable bonds is 6. The predicted molar refractivity (Wildman–Crippen MR) is 104 cm³/mol. The molecular formula is C17H17N5O2S2. The lowest BCUT2D eigenvalue weighted by atomic mass is 10.1. The van der Waals surface area contributed by atoms with Crippen molar-refractivity contribution in [2.45, 2.75) is 30.7 Å². The van der Waals surface area contributed by atoms with Gasteiger partial charge in [0, 0.05) is 17.8 Å². The van der Waals surface area contributed by atoms with Gasteiger partial charge >= 0.3 is 0 Å². The van der Waals surface area contributed by atoms with E-state index in [1.165, 1.54) is 35.4 Å². The van der Waals surface area contributed by atoms with Crippen molar-refractivity contribution in [3.8, 4) is 10.6 Å². The molecule has 9 heteroatoms.